The van der Waals surface area contributed by atoms with Gasteiger partial charge in [-0.15, -0.1) is 0 Å². The second-order valence-electron chi connectivity index (χ2n) is 10.6. The van der Waals surface area contributed by atoms with Crippen LogP contribution < -0.4 is 15.2 Å². The van der Waals surface area contributed by atoms with Gasteiger partial charge >= 0.3 is 0 Å². The number of likely N-dealkylation sites (tertiary alicyclic amines) is 1. The van der Waals surface area contributed by atoms with Crippen molar-refractivity contribution < 1.29 is 26.7 Å². The summed E-state index contributed by atoms with van der Waals surface area (Å²) in [4.78, 5) is 14.5. The molecular formula is C29H32BrF2N3O4S. The minimum atomic E-state index is -4.53. The molecule has 0 bridgehead atoms. The van der Waals surface area contributed by atoms with E-state index in [1.807, 2.05) is 6.07 Å². The van der Waals surface area contributed by atoms with Gasteiger partial charge < -0.3 is 15.4 Å². The van der Waals surface area contributed by atoms with Crippen molar-refractivity contribution in [3.8, 4) is 5.75 Å². The summed E-state index contributed by atoms with van der Waals surface area (Å²) in [6.45, 7) is 0.303. The predicted molar refractivity (Wildman–Crippen MR) is 153 cm³/mol. The molecule has 2 fully saturated rings. The van der Waals surface area contributed by atoms with Gasteiger partial charge in [0.2, 0.25) is 15.9 Å². The molecule has 1 aliphatic heterocycles. The molecule has 1 saturated carbocycles. The maximum absolute atomic E-state index is 15.9. The zero-order valence-corrected chi connectivity index (χ0v) is 24.3. The van der Waals surface area contributed by atoms with Crippen LogP contribution in [0, 0.1) is 0 Å². The third-order valence-electron chi connectivity index (χ3n) is 7.58. The largest absolute Gasteiger partial charge is 0.490 e. The average molecular weight is 637 g/mol. The number of hydrogen-bond acceptors (Lipinski definition) is 5. The Labute approximate surface area is 241 Å². The fraction of sp³-hybridized carbons (Fsp3) is 0.414. The first-order chi connectivity index (χ1) is 19.0. The van der Waals surface area contributed by atoms with E-state index in [0.717, 1.165) is 31.1 Å². The topological polar surface area (TPSA) is 102 Å². The van der Waals surface area contributed by atoms with Crippen LogP contribution in [0.3, 0.4) is 0 Å². The maximum atomic E-state index is 15.9. The average Bonchev–Trinajstić information content (AvgIpc) is 3.44. The number of nitrogens with two attached hydrogens (primary N) is 1. The smallest absolute Gasteiger partial charge is 0.298 e. The van der Waals surface area contributed by atoms with Crippen LogP contribution in [0.25, 0.3) is 10.8 Å². The van der Waals surface area contributed by atoms with Crippen LogP contribution in [0.5, 0.6) is 5.75 Å². The van der Waals surface area contributed by atoms with Gasteiger partial charge in [0.1, 0.15) is 5.75 Å². The number of sulfonamides is 1. The lowest BCUT2D eigenvalue weighted by Crippen LogP contribution is -2.58. The zero-order valence-electron chi connectivity index (χ0n) is 21.9. The van der Waals surface area contributed by atoms with E-state index in [2.05, 4.69) is 20.7 Å². The molecule has 0 spiro atoms. The summed E-state index contributed by atoms with van der Waals surface area (Å²) in [5.41, 5.74) is 5.51. The fourth-order valence-electron chi connectivity index (χ4n) is 5.38. The highest BCUT2D eigenvalue weighted by Crippen LogP contribution is 2.35. The van der Waals surface area contributed by atoms with Gasteiger partial charge in [-0.3, -0.25) is 4.79 Å². The molecule has 3 aromatic rings. The Kier molecular flexibility index (Phi) is 8.47. The molecule has 3 N–H and O–H groups in total. The number of hydrogen-bond donors (Lipinski definition) is 2. The SMILES string of the molecule is N[C@@H]1CCCN(C(=O)C(NS(=O)(=O)c2ccc3cc(OC4CCCC4)ccc3c2)C(F)(F)c2ccc(Br)cc2)C1. The molecule has 5 rings (SSSR count). The molecule has 1 unspecified atom stereocenters. The maximum Gasteiger partial charge on any atom is 0.298 e. The molecule has 7 nitrogen and oxygen atoms in total. The number of amides is 1. The number of rotatable bonds is 8. The number of benzene rings is 3. The Morgan fingerprint density at radius 3 is 2.38 bits per heavy atom. The van der Waals surface area contributed by atoms with Gasteiger partial charge in [0.15, 0.2) is 6.04 Å². The Morgan fingerprint density at radius 2 is 1.68 bits per heavy atom. The van der Waals surface area contributed by atoms with E-state index < -0.39 is 33.5 Å². The number of nitrogens with one attached hydrogen (secondary N) is 1. The molecule has 214 valence electrons. The number of alkyl halides is 2. The van der Waals surface area contributed by atoms with Crippen LogP contribution in [0.15, 0.2) is 70.0 Å². The molecule has 0 radical (unpaired) electrons. The summed E-state index contributed by atoms with van der Waals surface area (Å²) in [5, 5.41) is 1.36. The minimum absolute atomic E-state index is 0.0781. The first-order valence-electron chi connectivity index (χ1n) is 13.4. The summed E-state index contributed by atoms with van der Waals surface area (Å²) in [6.07, 6.45) is 5.69. The Morgan fingerprint density at radius 1 is 1.00 bits per heavy atom. The Balaban J connectivity index is 1.44. The van der Waals surface area contributed by atoms with E-state index in [-0.39, 0.29) is 30.1 Å². The number of halogens is 3. The van der Waals surface area contributed by atoms with Crippen molar-refractivity contribution in [2.45, 2.75) is 67.5 Å². The first-order valence-corrected chi connectivity index (χ1v) is 15.7. The van der Waals surface area contributed by atoms with Crippen LogP contribution in [-0.2, 0) is 20.7 Å². The predicted octanol–water partition coefficient (Wildman–Crippen LogP) is 5.31. The van der Waals surface area contributed by atoms with Crippen molar-refractivity contribution in [3.05, 3.63) is 70.7 Å². The van der Waals surface area contributed by atoms with E-state index in [1.54, 1.807) is 18.2 Å². The monoisotopic (exact) mass is 635 g/mol. The van der Waals surface area contributed by atoms with E-state index >= 15 is 8.78 Å². The van der Waals surface area contributed by atoms with Crippen molar-refractivity contribution >= 4 is 42.6 Å². The number of carbonyl (C=O) groups excluding carboxylic acids is 1. The van der Waals surface area contributed by atoms with Gasteiger partial charge in [-0.05, 0) is 85.7 Å². The molecule has 40 heavy (non-hydrogen) atoms. The third-order valence-corrected chi connectivity index (χ3v) is 9.53. The van der Waals surface area contributed by atoms with Crippen molar-refractivity contribution in [3.63, 3.8) is 0 Å². The van der Waals surface area contributed by atoms with Crippen LogP contribution in [0.4, 0.5) is 8.78 Å². The molecule has 1 saturated heterocycles. The number of ether oxygens (including phenoxy) is 1. The second kappa shape index (κ2) is 11.7. The Bertz CT molecular complexity index is 1480. The van der Waals surface area contributed by atoms with Crippen molar-refractivity contribution in [1.82, 2.24) is 9.62 Å². The van der Waals surface area contributed by atoms with Crippen LogP contribution in [0.2, 0.25) is 0 Å². The van der Waals surface area contributed by atoms with Gasteiger partial charge in [-0.25, -0.2) is 8.42 Å². The molecule has 1 heterocycles. The van der Waals surface area contributed by atoms with Gasteiger partial charge in [0.05, 0.1) is 11.0 Å². The highest BCUT2D eigenvalue weighted by Gasteiger charge is 2.50. The quantitative estimate of drug-likeness (QED) is 0.349. The summed E-state index contributed by atoms with van der Waals surface area (Å²) in [6, 6.07) is 12.2. The van der Waals surface area contributed by atoms with E-state index in [9.17, 15) is 13.2 Å². The number of nitrogens with zero attached hydrogens (tertiary/aromatic N) is 1. The van der Waals surface area contributed by atoms with Gasteiger partial charge in [0, 0.05) is 29.2 Å². The highest BCUT2D eigenvalue weighted by molar-refractivity contribution is 9.10. The van der Waals surface area contributed by atoms with Crippen LogP contribution in [0.1, 0.15) is 44.1 Å². The van der Waals surface area contributed by atoms with Crippen molar-refractivity contribution in [2.75, 3.05) is 13.1 Å². The lowest BCUT2D eigenvalue weighted by Gasteiger charge is -2.36. The van der Waals surface area contributed by atoms with Crippen LogP contribution in [-0.4, -0.2) is 50.5 Å². The Hall–Kier alpha value is -2.60. The third kappa shape index (κ3) is 6.32. The van der Waals surface area contributed by atoms with Gasteiger partial charge in [-0.2, -0.15) is 13.5 Å². The van der Waals surface area contributed by atoms with Gasteiger partial charge in [-0.1, -0.05) is 40.2 Å². The first kappa shape index (κ1) is 28.9. The minimum Gasteiger partial charge on any atom is -0.490 e. The van der Waals surface area contributed by atoms with Gasteiger partial charge in [0.25, 0.3) is 5.92 Å². The zero-order chi connectivity index (χ0) is 28.5. The molecule has 1 amide bonds. The molecule has 2 aliphatic rings. The van der Waals surface area contributed by atoms with E-state index in [0.29, 0.717) is 28.5 Å². The summed E-state index contributed by atoms with van der Waals surface area (Å²) >= 11 is 3.22. The summed E-state index contributed by atoms with van der Waals surface area (Å²) < 4.78 is 67.5. The fourth-order valence-corrected chi connectivity index (χ4v) is 6.86. The normalized spacial score (nSPS) is 19.6. The lowest BCUT2D eigenvalue weighted by molar-refractivity contribution is -0.145. The standard InChI is InChI=1S/C29H32BrF2N3O4S/c30-22-11-9-21(10-12-22)29(31,32)27(28(36)35-15-3-4-23(33)18-35)34-40(37,38)26-14-8-19-16-25(13-7-20(19)17-26)39-24-5-1-2-6-24/h7-14,16-17,23-24,27,34H,1-6,15,18,33H2/t23-,27?/m1/s1. The molecule has 1 aliphatic carbocycles. The summed E-state index contributed by atoms with van der Waals surface area (Å²) in [7, 11) is -4.53. The van der Waals surface area contributed by atoms with Crippen molar-refractivity contribution in [2.24, 2.45) is 5.73 Å². The second-order valence-corrected chi connectivity index (χ2v) is 13.2. The highest BCUT2D eigenvalue weighted by atomic mass is 79.9. The molecule has 2 atom stereocenters. The van der Waals surface area contributed by atoms with E-state index in [4.69, 9.17) is 10.5 Å². The molecule has 11 heteroatoms. The molecule has 0 aromatic heterocycles. The summed E-state index contributed by atoms with van der Waals surface area (Å²) in [5.74, 6) is -4.15. The number of carbonyl (C=O) groups is 1. The number of fused-ring (bicyclic) bond motifs is 1. The molecule has 3 aromatic carbocycles. The van der Waals surface area contributed by atoms with Crippen LogP contribution >= 0.6 is 15.9 Å². The lowest BCUT2D eigenvalue weighted by atomic mass is 9.99. The molecular weight excluding hydrogens is 604 g/mol. The van der Waals surface area contributed by atoms with Crippen molar-refractivity contribution in [1.29, 1.82) is 0 Å². The number of piperidine rings is 1. The van der Waals surface area contributed by atoms with E-state index in [1.165, 1.54) is 41.3 Å².